The Labute approximate surface area is 111 Å². The van der Waals surface area contributed by atoms with E-state index in [-0.39, 0.29) is 11.3 Å². The van der Waals surface area contributed by atoms with Crippen molar-refractivity contribution >= 4 is 21.4 Å². The maximum absolute atomic E-state index is 12.0. The fourth-order valence-corrected chi connectivity index (χ4v) is 3.53. The van der Waals surface area contributed by atoms with E-state index in [9.17, 15) is 13.2 Å². The Hall–Kier alpha value is -1.82. The van der Waals surface area contributed by atoms with Gasteiger partial charge in [0.2, 0.25) is 9.84 Å². The van der Waals surface area contributed by atoms with Gasteiger partial charge in [0, 0.05) is 5.41 Å². The van der Waals surface area contributed by atoms with Gasteiger partial charge < -0.3 is 9.84 Å². The Morgan fingerprint density at radius 1 is 1.42 bits per heavy atom. The van der Waals surface area contributed by atoms with E-state index in [4.69, 9.17) is 9.84 Å². The lowest BCUT2D eigenvalue weighted by molar-refractivity contribution is -0.140. The van der Waals surface area contributed by atoms with Crippen molar-refractivity contribution in [3.63, 3.8) is 0 Å². The minimum absolute atomic E-state index is 0.180. The summed E-state index contributed by atoms with van der Waals surface area (Å²) in [5, 5.41) is 10.1. The third-order valence-corrected chi connectivity index (χ3v) is 4.63. The summed E-state index contributed by atoms with van der Waals surface area (Å²) in [6, 6.07) is 4.78. The monoisotopic (exact) mass is 282 g/mol. The number of benzene rings is 1. The predicted molar refractivity (Wildman–Crippen MR) is 69.6 cm³/mol. The van der Waals surface area contributed by atoms with Gasteiger partial charge in [-0.05, 0) is 35.8 Å². The van der Waals surface area contributed by atoms with Gasteiger partial charge in [0.05, 0.1) is 17.9 Å². The van der Waals surface area contributed by atoms with E-state index >= 15 is 0 Å². The zero-order valence-electron chi connectivity index (χ0n) is 10.6. The molecule has 1 heterocycles. The van der Waals surface area contributed by atoms with Gasteiger partial charge in [-0.1, -0.05) is 6.92 Å². The molecule has 1 atom stereocenters. The topological polar surface area (TPSA) is 80.7 Å². The molecule has 0 radical (unpaired) electrons. The average molecular weight is 282 g/mol. The third kappa shape index (κ3) is 2.49. The van der Waals surface area contributed by atoms with Crippen molar-refractivity contribution in [3.05, 3.63) is 29.2 Å². The number of allylic oxidation sites excluding steroid dienone is 1. The average Bonchev–Trinajstić information content (AvgIpc) is 2.60. The van der Waals surface area contributed by atoms with Gasteiger partial charge in [-0.25, -0.2) is 8.42 Å². The van der Waals surface area contributed by atoms with E-state index in [0.29, 0.717) is 16.9 Å². The molecule has 102 valence electrons. The van der Waals surface area contributed by atoms with Crippen molar-refractivity contribution in [2.75, 3.05) is 7.11 Å². The Morgan fingerprint density at radius 3 is 2.68 bits per heavy atom. The van der Waals surface area contributed by atoms with Gasteiger partial charge in [-0.2, -0.15) is 0 Å². The number of methoxy groups -OCH3 is 1. The summed E-state index contributed by atoms with van der Waals surface area (Å²) in [5.41, 5.74) is 1.10. The van der Waals surface area contributed by atoms with Crippen LogP contribution in [0.15, 0.2) is 28.5 Å². The number of ether oxygens (including phenoxy) is 1. The summed E-state index contributed by atoms with van der Waals surface area (Å²) in [5.74, 6) is -1.11. The molecule has 0 aliphatic carbocycles. The molecule has 1 aromatic rings. The molecule has 0 saturated heterocycles. The second-order valence-corrected chi connectivity index (χ2v) is 6.26. The molecule has 0 saturated carbocycles. The van der Waals surface area contributed by atoms with E-state index < -0.39 is 21.7 Å². The van der Waals surface area contributed by atoms with Gasteiger partial charge in [-0.15, -0.1) is 0 Å². The van der Waals surface area contributed by atoms with Crippen LogP contribution in [0.25, 0.3) is 5.57 Å². The molecule has 1 aliphatic heterocycles. The molecule has 2 rings (SSSR count). The lowest BCUT2D eigenvalue weighted by atomic mass is 9.97. The minimum Gasteiger partial charge on any atom is -0.497 e. The second-order valence-electron chi connectivity index (χ2n) is 4.49. The number of rotatable bonds is 4. The Bertz CT molecular complexity index is 658. The van der Waals surface area contributed by atoms with E-state index in [2.05, 4.69) is 0 Å². The van der Waals surface area contributed by atoms with Gasteiger partial charge >= 0.3 is 5.97 Å². The third-order valence-electron chi connectivity index (χ3n) is 3.09. The molecule has 1 aliphatic rings. The molecule has 1 N–H and O–H groups in total. The number of carbonyl (C=O) groups is 1. The number of carboxylic acids is 1. The van der Waals surface area contributed by atoms with Crippen molar-refractivity contribution in [3.8, 4) is 5.75 Å². The summed E-state index contributed by atoms with van der Waals surface area (Å²) >= 11 is 0. The molecule has 0 fully saturated rings. The van der Waals surface area contributed by atoms with Gasteiger partial charge in [0.1, 0.15) is 5.75 Å². The van der Waals surface area contributed by atoms with E-state index in [1.165, 1.54) is 13.2 Å². The molecule has 1 unspecified atom stereocenters. The molecule has 0 spiro atoms. The Balaban J connectivity index is 2.44. The number of carboxylic acid groups (broad SMARTS) is 1. The normalized spacial score (nSPS) is 17.5. The summed E-state index contributed by atoms with van der Waals surface area (Å²) in [6.45, 7) is 1.55. The highest BCUT2D eigenvalue weighted by atomic mass is 32.2. The molecule has 0 amide bonds. The Morgan fingerprint density at radius 2 is 2.11 bits per heavy atom. The number of aliphatic carboxylic acids is 1. The molecular weight excluding hydrogens is 268 g/mol. The predicted octanol–water partition coefficient (Wildman–Crippen LogP) is 1.93. The van der Waals surface area contributed by atoms with Crippen LogP contribution in [-0.2, 0) is 14.6 Å². The molecule has 5 nitrogen and oxygen atoms in total. The van der Waals surface area contributed by atoms with Gasteiger partial charge in [0.25, 0.3) is 0 Å². The number of hydrogen-bond acceptors (Lipinski definition) is 4. The van der Waals surface area contributed by atoms with Crippen molar-refractivity contribution in [1.82, 2.24) is 0 Å². The van der Waals surface area contributed by atoms with Crippen molar-refractivity contribution in [1.29, 1.82) is 0 Å². The van der Waals surface area contributed by atoms with E-state index in [1.807, 2.05) is 0 Å². The molecule has 0 bridgehead atoms. The summed E-state index contributed by atoms with van der Waals surface area (Å²) in [7, 11) is -2.03. The van der Waals surface area contributed by atoms with Crippen molar-refractivity contribution < 1.29 is 23.1 Å². The lowest BCUT2D eigenvalue weighted by Crippen LogP contribution is -2.09. The van der Waals surface area contributed by atoms with Crippen LogP contribution in [0, 0.1) is 5.92 Å². The van der Waals surface area contributed by atoms with Gasteiger partial charge in [-0.3, -0.25) is 4.79 Å². The Kier molecular flexibility index (Phi) is 3.36. The highest BCUT2D eigenvalue weighted by molar-refractivity contribution is 7.95. The fraction of sp³-hybridized carbons (Fsp3) is 0.308. The van der Waals surface area contributed by atoms with Crippen LogP contribution >= 0.6 is 0 Å². The van der Waals surface area contributed by atoms with Crippen LogP contribution in [0.5, 0.6) is 5.75 Å². The molecule has 1 aromatic carbocycles. The standard InChI is InChI=1S/C13H14O5S/c1-8(13(14)15)5-9-7-19(16,17)12-6-10(18-2)3-4-11(9)12/h3-4,6-8H,5H2,1-2H3,(H,14,15). The van der Waals surface area contributed by atoms with Crippen LogP contribution in [0.1, 0.15) is 18.9 Å². The minimum atomic E-state index is -3.49. The first-order valence-corrected chi connectivity index (χ1v) is 7.26. The molecular formula is C13H14O5S. The molecule has 0 aromatic heterocycles. The largest absolute Gasteiger partial charge is 0.497 e. The maximum atomic E-state index is 12.0. The van der Waals surface area contributed by atoms with Crippen LogP contribution in [0.4, 0.5) is 0 Å². The first-order valence-electron chi connectivity index (χ1n) is 5.72. The second kappa shape index (κ2) is 4.70. The first-order chi connectivity index (χ1) is 8.85. The quantitative estimate of drug-likeness (QED) is 0.912. The first kappa shape index (κ1) is 13.6. The van der Waals surface area contributed by atoms with E-state index in [0.717, 1.165) is 5.41 Å². The number of sulfone groups is 1. The van der Waals surface area contributed by atoms with Crippen molar-refractivity contribution in [2.45, 2.75) is 18.2 Å². The van der Waals surface area contributed by atoms with Crippen LogP contribution < -0.4 is 4.74 Å². The van der Waals surface area contributed by atoms with Crippen LogP contribution in [0.3, 0.4) is 0 Å². The summed E-state index contributed by atoms with van der Waals surface area (Å²) in [6.07, 6.45) is 0.188. The zero-order chi connectivity index (χ0) is 14.2. The van der Waals surface area contributed by atoms with Crippen molar-refractivity contribution in [2.24, 2.45) is 5.92 Å². The molecule has 19 heavy (non-hydrogen) atoms. The lowest BCUT2D eigenvalue weighted by Gasteiger charge is -2.09. The highest BCUT2D eigenvalue weighted by Crippen LogP contribution is 2.38. The van der Waals surface area contributed by atoms with Crippen LogP contribution in [-0.4, -0.2) is 26.6 Å². The summed E-state index contributed by atoms with van der Waals surface area (Å²) in [4.78, 5) is 11.0. The molecule has 6 heteroatoms. The SMILES string of the molecule is COc1ccc2c(c1)S(=O)(=O)C=C2CC(C)C(=O)O. The van der Waals surface area contributed by atoms with E-state index in [1.54, 1.807) is 19.1 Å². The zero-order valence-corrected chi connectivity index (χ0v) is 11.4. The maximum Gasteiger partial charge on any atom is 0.306 e. The van der Waals surface area contributed by atoms with Gasteiger partial charge in [0.15, 0.2) is 0 Å². The fourth-order valence-electron chi connectivity index (χ4n) is 2.02. The summed E-state index contributed by atoms with van der Waals surface area (Å²) < 4.78 is 29.0. The highest BCUT2D eigenvalue weighted by Gasteiger charge is 2.29. The van der Waals surface area contributed by atoms with Crippen LogP contribution in [0.2, 0.25) is 0 Å². The number of fused-ring (bicyclic) bond motifs is 1. The smallest absolute Gasteiger partial charge is 0.306 e. The number of hydrogen-bond donors (Lipinski definition) is 1.